The SMILES string of the molecule is C#CCn1c(=NC(=O)c2cccc(N3C(=O)CCC3=O)c2)sc2ccc(Cl)c(Cl)c21. The van der Waals surface area contributed by atoms with Crippen LogP contribution in [0.3, 0.4) is 0 Å². The second-order valence-electron chi connectivity index (χ2n) is 6.47. The van der Waals surface area contributed by atoms with Crippen LogP contribution in [0.4, 0.5) is 5.69 Å². The Hall–Kier alpha value is -2.92. The molecule has 3 aromatic rings. The molecule has 0 spiro atoms. The molecule has 1 saturated heterocycles. The molecule has 3 amide bonds. The highest BCUT2D eigenvalue weighted by atomic mass is 35.5. The number of imide groups is 1. The molecule has 0 bridgehead atoms. The maximum absolute atomic E-state index is 12.9. The first-order chi connectivity index (χ1) is 14.4. The average Bonchev–Trinajstić information content (AvgIpc) is 3.25. The summed E-state index contributed by atoms with van der Waals surface area (Å²) in [5.41, 5.74) is 1.21. The average molecular weight is 458 g/mol. The smallest absolute Gasteiger partial charge is 0.279 e. The predicted octanol–water partition coefficient (Wildman–Crippen LogP) is 4.04. The van der Waals surface area contributed by atoms with Crippen LogP contribution in [0, 0.1) is 12.3 Å². The number of nitrogens with zero attached hydrogens (tertiary/aromatic N) is 3. The summed E-state index contributed by atoms with van der Waals surface area (Å²) in [6.07, 6.45) is 5.82. The lowest BCUT2D eigenvalue weighted by molar-refractivity contribution is -0.121. The molecule has 0 radical (unpaired) electrons. The first kappa shape index (κ1) is 20.4. The van der Waals surface area contributed by atoms with Gasteiger partial charge in [0.2, 0.25) is 11.8 Å². The van der Waals surface area contributed by atoms with E-state index >= 15 is 0 Å². The number of amides is 3. The summed E-state index contributed by atoms with van der Waals surface area (Å²) < 4.78 is 2.44. The van der Waals surface area contributed by atoms with Crippen molar-refractivity contribution < 1.29 is 14.4 Å². The number of rotatable bonds is 3. The van der Waals surface area contributed by atoms with Gasteiger partial charge in [0, 0.05) is 18.4 Å². The zero-order valence-corrected chi connectivity index (χ0v) is 17.7. The molecular weight excluding hydrogens is 445 g/mol. The minimum Gasteiger partial charge on any atom is -0.303 e. The first-order valence-corrected chi connectivity index (χ1v) is 10.4. The molecule has 1 aromatic heterocycles. The molecule has 0 saturated carbocycles. The zero-order valence-electron chi connectivity index (χ0n) is 15.4. The number of anilines is 1. The van der Waals surface area contributed by atoms with Crippen molar-refractivity contribution in [1.82, 2.24) is 4.57 Å². The van der Waals surface area contributed by atoms with E-state index in [0.717, 1.165) is 9.60 Å². The van der Waals surface area contributed by atoms with Gasteiger partial charge in [0.15, 0.2) is 4.80 Å². The number of terminal acetylenes is 1. The quantitative estimate of drug-likeness (QED) is 0.440. The van der Waals surface area contributed by atoms with Crippen LogP contribution in [0.1, 0.15) is 23.2 Å². The number of thiazole rings is 1. The van der Waals surface area contributed by atoms with Crippen molar-refractivity contribution in [3.8, 4) is 12.3 Å². The van der Waals surface area contributed by atoms with Crippen LogP contribution < -0.4 is 9.70 Å². The minimum absolute atomic E-state index is 0.156. The second kappa shape index (κ2) is 8.07. The molecule has 4 rings (SSSR count). The van der Waals surface area contributed by atoms with Gasteiger partial charge in [-0.25, -0.2) is 0 Å². The van der Waals surface area contributed by atoms with Crippen LogP contribution in [0.2, 0.25) is 10.0 Å². The van der Waals surface area contributed by atoms with E-state index in [4.69, 9.17) is 29.6 Å². The number of hydrogen-bond donors (Lipinski definition) is 0. The summed E-state index contributed by atoms with van der Waals surface area (Å²) in [6.45, 7) is 0.156. The summed E-state index contributed by atoms with van der Waals surface area (Å²) in [4.78, 5) is 42.5. The Morgan fingerprint density at radius 1 is 1.17 bits per heavy atom. The minimum atomic E-state index is -0.532. The molecule has 30 heavy (non-hydrogen) atoms. The van der Waals surface area contributed by atoms with Crippen molar-refractivity contribution in [2.24, 2.45) is 4.99 Å². The van der Waals surface area contributed by atoms with Crippen molar-refractivity contribution in [2.75, 3.05) is 4.90 Å². The maximum atomic E-state index is 12.9. The van der Waals surface area contributed by atoms with Gasteiger partial charge in [-0.2, -0.15) is 4.99 Å². The Morgan fingerprint density at radius 3 is 2.60 bits per heavy atom. The van der Waals surface area contributed by atoms with Gasteiger partial charge >= 0.3 is 0 Å². The monoisotopic (exact) mass is 457 g/mol. The Bertz CT molecular complexity index is 1320. The highest BCUT2D eigenvalue weighted by molar-refractivity contribution is 7.16. The zero-order chi connectivity index (χ0) is 21.4. The third-order valence-corrected chi connectivity index (χ3v) is 6.42. The van der Waals surface area contributed by atoms with E-state index in [2.05, 4.69) is 10.9 Å². The molecule has 1 aliphatic rings. The van der Waals surface area contributed by atoms with Gasteiger partial charge in [-0.15, -0.1) is 6.42 Å². The van der Waals surface area contributed by atoms with Crippen LogP contribution in [0.25, 0.3) is 10.2 Å². The normalized spacial score (nSPS) is 14.6. The van der Waals surface area contributed by atoms with Crippen LogP contribution in [0.5, 0.6) is 0 Å². The van der Waals surface area contributed by atoms with Gasteiger partial charge in [-0.1, -0.05) is 46.5 Å². The number of hydrogen-bond acceptors (Lipinski definition) is 4. The van der Waals surface area contributed by atoms with E-state index in [0.29, 0.717) is 26.1 Å². The number of aromatic nitrogens is 1. The fraction of sp³-hybridized carbons (Fsp3) is 0.143. The third-order valence-electron chi connectivity index (χ3n) is 4.58. The molecule has 1 fully saturated rings. The molecule has 0 N–H and O–H groups in total. The maximum Gasteiger partial charge on any atom is 0.279 e. The molecule has 2 aromatic carbocycles. The van der Waals surface area contributed by atoms with Gasteiger partial charge in [0.25, 0.3) is 5.91 Å². The number of carbonyl (C=O) groups excluding carboxylic acids is 3. The molecule has 1 aliphatic heterocycles. The molecule has 6 nitrogen and oxygen atoms in total. The molecule has 150 valence electrons. The summed E-state index contributed by atoms with van der Waals surface area (Å²) in [5.74, 6) is 1.43. The second-order valence-corrected chi connectivity index (χ2v) is 8.27. The number of halogens is 2. The van der Waals surface area contributed by atoms with Gasteiger partial charge in [0.1, 0.15) is 0 Å². The molecule has 0 unspecified atom stereocenters. The largest absolute Gasteiger partial charge is 0.303 e. The number of carbonyl (C=O) groups is 3. The topological polar surface area (TPSA) is 71.7 Å². The lowest BCUT2D eigenvalue weighted by atomic mass is 10.2. The van der Waals surface area contributed by atoms with E-state index in [1.54, 1.807) is 34.9 Å². The Labute approximate surface area is 185 Å². The van der Waals surface area contributed by atoms with E-state index in [9.17, 15) is 14.4 Å². The van der Waals surface area contributed by atoms with Crippen LogP contribution in [-0.4, -0.2) is 22.3 Å². The Kier molecular flexibility index (Phi) is 5.48. The van der Waals surface area contributed by atoms with Gasteiger partial charge in [-0.3, -0.25) is 19.3 Å². The van der Waals surface area contributed by atoms with E-state index in [1.165, 1.54) is 17.4 Å². The fourth-order valence-corrected chi connectivity index (χ4v) is 4.73. The van der Waals surface area contributed by atoms with E-state index in [1.807, 2.05) is 0 Å². The van der Waals surface area contributed by atoms with E-state index < -0.39 is 5.91 Å². The van der Waals surface area contributed by atoms with E-state index in [-0.39, 0.29) is 36.8 Å². The van der Waals surface area contributed by atoms with Gasteiger partial charge < -0.3 is 4.57 Å². The summed E-state index contributed by atoms with van der Waals surface area (Å²) in [6, 6.07) is 9.72. The third kappa shape index (κ3) is 3.54. The predicted molar refractivity (Wildman–Crippen MR) is 117 cm³/mol. The van der Waals surface area contributed by atoms with Crippen molar-refractivity contribution in [2.45, 2.75) is 19.4 Å². The molecule has 0 aliphatic carbocycles. The molecule has 9 heteroatoms. The number of fused-ring (bicyclic) bond motifs is 1. The van der Waals surface area contributed by atoms with Crippen molar-refractivity contribution in [1.29, 1.82) is 0 Å². The standard InChI is InChI=1S/C21H13Cl2N3O3S/c1-2-10-25-19-15(7-6-14(22)18(19)23)30-21(25)24-20(29)12-4-3-5-13(11-12)26-16(27)8-9-17(26)28/h1,3-7,11H,8-10H2. The molecule has 0 atom stereocenters. The van der Waals surface area contributed by atoms with Crippen LogP contribution in [0.15, 0.2) is 41.4 Å². The highest BCUT2D eigenvalue weighted by Crippen LogP contribution is 2.32. The van der Waals surface area contributed by atoms with Gasteiger partial charge in [0.05, 0.1) is 32.5 Å². The molecular formula is C21H13Cl2N3O3S. The lowest BCUT2D eigenvalue weighted by Crippen LogP contribution is -2.28. The number of benzene rings is 2. The molecule has 2 heterocycles. The van der Waals surface area contributed by atoms with Crippen molar-refractivity contribution >= 4 is 68.2 Å². The Morgan fingerprint density at radius 2 is 1.90 bits per heavy atom. The Balaban J connectivity index is 1.80. The lowest BCUT2D eigenvalue weighted by Gasteiger charge is -2.14. The summed E-state index contributed by atoms with van der Waals surface area (Å²) in [7, 11) is 0. The van der Waals surface area contributed by atoms with Gasteiger partial charge in [-0.05, 0) is 30.3 Å². The van der Waals surface area contributed by atoms with Crippen LogP contribution in [-0.2, 0) is 16.1 Å². The van der Waals surface area contributed by atoms with Crippen LogP contribution >= 0.6 is 34.5 Å². The summed E-state index contributed by atoms with van der Waals surface area (Å²) >= 11 is 13.7. The summed E-state index contributed by atoms with van der Waals surface area (Å²) in [5, 5.41) is 0.709. The first-order valence-electron chi connectivity index (χ1n) is 8.86. The van der Waals surface area contributed by atoms with Crippen molar-refractivity contribution in [3.63, 3.8) is 0 Å². The van der Waals surface area contributed by atoms with Crippen molar-refractivity contribution in [3.05, 3.63) is 56.8 Å². The fourth-order valence-electron chi connectivity index (χ4n) is 3.22. The highest BCUT2D eigenvalue weighted by Gasteiger charge is 2.30.